The third-order valence-corrected chi connectivity index (χ3v) is 6.01. The van der Waals surface area contributed by atoms with Gasteiger partial charge in [-0.15, -0.1) is 0 Å². The Morgan fingerprint density at radius 1 is 1.30 bits per heavy atom. The average molecular weight is 439 g/mol. The molecule has 10 nitrogen and oxygen atoms in total. The average Bonchev–Trinajstić information content (AvgIpc) is 2.98. The number of guanidine groups is 1. The highest BCUT2D eigenvalue weighted by Gasteiger charge is 2.35. The molecule has 1 fully saturated rings. The van der Waals surface area contributed by atoms with Gasteiger partial charge < -0.3 is 21.7 Å². The van der Waals surface area contributed by atoms with Crippen LogP contribution in [0.4, 0.5) is 0 Å². The Labute approximate surface area is 177 Å². The Kier molecular flexibility index (Phi) is 8.60. The largest absolute Gasteiger partial charge is 0.370 e. The third-order valence-electron chi connectivity index (χ3n) is 4.65. The third kappa shape index (κ3) is 7.99. The van der Waals surface area contributed by atoms with E-state index in [1.165, 1.54) is 4.90 Å². The second-order valence-electron chi connectivity index (χ2n) is 7.38. The number of carbonyl (C=O) groups excluding carboxylic acids is 2. The Bertz CT molecular complexity index is 855. The van der Waals surface area contributed by atoms with Crippen molar-refractivity contribution in [3.8, 4) is 0 Å². The molecule has 1 heterocycles. The smallest absolute Gasteiger partial charge is 0.241 e. The molecule has 6 N–H and O–H groups in total. The van der Waals surface area contributed by atoms with Crippen LogP contribution in [0.1, 0.15) is 31.7 Å². The van der Waals surface area contributed by atoms with Gasteiger partial charge in [0.2, 0.25) is 21.8 Å². The summed E-state index contributed by atoms with van der Waals surface area (Å²) >= 11 is 0. The maximum atomic E-state index is 12.5. The van der Waals surface area contributed by atoms with E-state index in [1.807, 2.05) is 6.92 Å². The number of benzene rings is 1. The number of nitrogens with two attached hydrogens (primary N) is 2. The van der Waals surface area contributed by atoms with E-state index in [2.05, 4.69) is 15.0 Å². The number of hydrogen-bond donors (Lipinski definition) is 4. The van der Waals surface area contributed by atoms with Gasteiger partial charge in [0.15, 0.2) is 5.96 Å². The van der Waals surface area contributed by atoms with E-state index in [1.54, 1.807) is 30.3 Å². The normalized spacial score (nSPS) is 17.6. The number of aliphatic imine (C=N–C) groups is 1. The molecule has 2 unspecified atom stereocenters. The summed E-state index contributed by atoms with van der Waals surface area (Å²) in [5.41, 5.74) is 11.2. The molecule has 2 amide bonds. The summed E-state index contributed by atoms with van der Waals surface area (Å²) < 4.78 is 27.2. The van der Waals surface area contributed by atoms with Gasteiger partial charge in [0.1, 0.15) is 6.04 Å². The zero-order valence-electron chi connectivity index (χ0n) is 17.1. The molecule has 0 aromatic heterocycles. The van der Waals surface area contributed by atoms with Gasteiger partial charge in [0.25, 0.3) is 0 Å². The zero-order valence-corrected chi connectivity index (χ0v) is 17.9. The molecule has 1 aliphatic rings. The number of sulfonamides is 1. The number of nitrogens with zero attached hydrogens (tertiary/aromatic N) is 2. The van der Waals surface area contributed by atoms with Gasteiger partial charge in [-0.1, -0.05) is 30.3 Å². The molecule has 166 valence electrons. The van der Waals surface area contributed by atoms with Crippen molar-refractivity contribution in [1.29, 1.82) is 0 Å². The number of likely N-dealkylation sites (tertiary alicyclic amines) is 1. The van der Waals surface area contributed by atoms with E-state index < -0.39 is 16.1 Å². The van der Waals surface area contributed by atoms with Gasteiger partial charge in [0, 0.05) is 19.1 Å². The second kappa shape index (κ2) is 10.9. The van der Waals surface area contributed by atoms with Crippen LogP contribution >= 0.6 is 0 Å². The van der Waals surface area contributed by atoms with Crippen LogP contribution in [0.25, 0.3) is 0 Å². The van der Waals surface area contributed by atoms with E-state index in [0.29, 0.717) is 37.9 Å². The van der Waals surface area contributed by atoms with Gasteiger partial charge in [0.05, 0.1) is 12.3 Å². The first-order valence-electron chi connectivity index (χ1n) is 9.84. The van der Waals surface area contributed by atoms with E-state index in [-0.39, 0.29) is 36.1 Å². The highest BCUT2D eigenvalue weighted by atomic mass is 32.2. The van der Waals surface area contributed by atoms with E-state index in [4.69, 9.17) is 11.5 Å². The van der Waals surface area contributed by atoms with Gasteiger partial charge >= 0.3 is 0 Å². The minimum absolute atomic E-state index is 0.0354. The number of hydrogen-bond acceptors (Lipinski definition) is 5. The molecule has 0 bridgehead atoms. The van der Waals surface area contributed by atoms with Crippen molar-refractivity contribution in [2.24, 2.45) is 16.5 Å². The van der Waals surface area contributed by atoms with Crippen molar-refractivity contribution in [3.05, 3.63) is 35.9 Å². The maximum Gasteiger partial charge on any atom is 0.241 e. The number of nitrogens with one attached hydrogen (secondary N) is 2. The lowest BCUT2D eigenvalue weighted by Gasteiger charge is -2.19. The minimum Gasteiger partial charge on any atom is -0.370 e. The van der Waals surface area contributed by atoms with Crippen LogP contribution in [0.5, 0.6) is 0 Å². The van der Waals surface area contributed by atoms with Crippen LogP contribution < -0.4 is 21.5 Å². The van der Waals surface area contributed by atoms with E-state index >= 15 is 0 Å². The predicted molar refractivity (Wildman–Crippen MR) is 115 cm³/mol. The highest BCUT2D eigenvalue weighted by Crippen LogP contribution is 2.14. The second-order valence-corrected chi connectivity index (χ2v) is 9.13. The van der Waals surface area contributed by atoms with Gasteiger partial charge in [-0.2, -0.15) is 0 Å². The molecular formula is C19H30N6O4S. The van der Waals surface area contributed by atoms with Crippen molar-refractivity contribution in [3.63, 3.8) is 0 Å². The quantitative estimate of drug-likeness (QED) is 0.202. The number of amides is 2. The Morgan fingerprint density at radius 3 is 2.67 bits per heavy atom. The summed E-state index contributed by atoms with van der Waals surface area (Å²) in [5, 5.41) is 2.83. The fraction of sp³-hybridized carbons (Fsp3) is 0.526. The highest BCUT2D eigenvalue weighted by molar-refractivity contribution is 7.88. The Balaban J connectivity index is 1.78. The summed E-state index contributed by atoms with van der Waals surface area (Å²) in [7, 11) is -3.67. The lowest BCUT2D eigenvalue weighted by Crippen LogP contribution is -2.45. The Morgan fingerprint density at radius 2 is 2.00 bits per heavy atom. The van der Waals surface area contributed by atoms with Crippen molar-refractivity contribution in [2.75, 3.05) is 19.6 Å². The minimum atomic E-state index is -3.67. The molecular weight excluding hydrogens is 408 g/mol. The molecule has 2 atom stereocenters. The molecule has 0 saturated carbocycles. The maximum absolute atomic E-state index is 12.5. The summed E-state index contributed by atoms with van der Waals surface area (Å²) in [4.78, 5) is 30.0. The first kappa shape index (κ1) is 23.6. The van der Waals surface area contributed by atoms with Crippen LogP contribution in [0.2, 0.25) is 0 Å². The molecule has 0 spiro atoms. The topological polar surface area (TPSA) is 160 Å². The monoisotopic (exact) mass is 438 g/mol. The fourth-order valence-electron chi connectivity index (χ4n) is 3.23. The number of rotatable bonds is 11. The van der Waals surface area contributed by atoms with Crippen LogP contribution in [-0.2, 0) is 25.4 Å². The summed E-state index contributed by atoms with van der Waals surface area (Å²) in [5.74, 6) is -0.837. The molecule has 30 heavy (non-hydrogen) atoms. The molecule has 0 aliphatic carbocycles. The summed E-state index contributed by atoms with van der Waals surface area (Å²) in [6.45, 7) is 2.56. The molecule has 1 aromatic carbocycles. The van der Waals surface area contributed by atoms with Crippen LogP contribution in [0.3, 0.4) is 0 Å². The summed E-state index contributed by atoms with van der Waals surface area (Å²) in [6.07, 6.45) is 1.74. The standard InChI is InChI=1S/C19H30N6O4S/c1-14(6-5-10-22-19(20)21)23-17(26)12-25-11-9-16(18(25)27)24-30(28,29)13-15-7-3-2-4-8-15/h2-4,7-8,14,16,24H,5-6,9-13H2,1H3,(H,23,26)(H4,20,21,22). The zero-order chi connectivity index (χ0) is 22.1. The Hall–Kier alpha value is -2.66. The molecule has 0 radical (unpaired) electrons. The first-order valence-corrected chi connectivity index (χ1v) is 11.5. The van der Waals surface area contributed by atoms with E-state index in [9.17, 15) is 18.0 Å². The fourth-order valence-corrected chi connectivity index (χ4v) is 4.60. The van der Waals surface area contributed by atoms with Crippen molar-refractivity contribution in [1.82, 2.24) is 14.9 Å². The number of carbonyl (C=O) groups is 2. The van der Waals surface area contributed by atoms with Crippen LogP contribution in [0, 0.1) is 0 Å². The lowest BCUT2D eigenvalue weighted by molar-refractivity contribution is -0.134. The van der Waals surface area contributed by atoms with Gasteiger partial charge in [-0.05, 0) is 31.7 Å². The molecule has 1 aromatic rings. The molecule has 2 rings (SSSR count). The molecule has 1 saturated heterocycles. The van der Waals surface area contributed by atoms with Crippen molar-refractivity contribution in [2.45, 2.75) is 44.0 Å². The SMILES string of the molecule is CC(CCCN=C(N)N)NC(=O)CN1CCC(NS(=O)(=O)Cc2ccccc2)C1=O. The lowest BCUT2D eigenvalue weighted by atomic mass is 10.2. The van der Waals surface area contributed by atoms with Crippen molar-refractivity contribution >= 4 is 27.8 Å². The molecule has 11 heteroatoms. The summed E-state index contributed by atoms with van der Waals surface area (Å²) in [6, 6.07) is 7.81. The van der Waals surface area contributed by atoms with Crippen LogP contribution in [-0.4, -0.2) is 62.8 Å². The first-order chi connectivity index (χ1) is 14.2. The van der Waals surface area contributed by atoms with Gasteiger partial charge in [-0.3, -0.25) is 14.6 Å². The molecule has 1 aliphatic heterocycles. The van der Waals surface area contributed by atoms with Crippen molar-refractivity contribution < 1.29 is 18.0 Å². The van der Waals surface area contributed by atoms with E-state index in [0.717, 1.165) is 0 Å². The van der Waals surface area contributed by atoms with Crippen LogP contribution in [0.15, 0.2) is 35.3 Å². The predicted octanol–water partition coefficient (Wildman–Crippen LogP) is -0.735. The van der Waals surface area contributed by atoms with Gasteiger partial charge in [-0.25, -0.2) is 13.1 Å².